The molecule has 0 aliphatic heterocycles. The van der Waals surface area contributed by atoms with E-state index in [0.29, 0.717) is 32.2 Å². The van der Waals surface area contributed by atoms with Crippen molar-refractivity contribution < 1.29 is 24.2 Å². The second-order valence-electron chi connectivity index (χ2n) is 15.5. The quantitative estimate of drug-likeness (QED) is 0.0325. The maximum absolute atomic E-state index is 12.7. The Kier molecular flexibility index (Phi) is 39.4. The van der Waals surface area contributed by atoms with Gasteiger partial charge in [-0.15, -0.1) is 0 Å². The molecule has 0 bridgehead atoms. The van der Waals surface area contributed by atoms with Gasteiger partial charge in [-0.3, -0.25) is 9.59 Å². The van der Waals surface area contributed by atoms with Gasteiger partial charge in [0.05, 0.1) is 0 Å². The zero-order valence-corrected chi connectivity index (χ0v) is 34.9. The molecule has 0 radical (unpaired) electrons. The number of allylic oxidation sites excluding steroid dienone is 4. The second-order valence-corrected chi connectivity index (χ2v) is 15.5. The Labute approximate surface area is 327 Å². The number of ether oxygens (including phenoxy) is 1. The van der Waals surface area contributed by atoms with Crippen molar-refractivity contribution in [2.24, 2.45) is 5.73 Å². The molecule has 0 saturated carbocycles. The van der Waals surface area contributed by atoms with Gasteiger partial charge in [-0.25, -0.2) is 4.79 Å². The molecular formula is C46H86N2O5. The Balaban J connectivity index is 3.93. The molecule has 0 rings (SSSR count). The lowest BCUT2D eigenvalue weighted by Gasteiger charge is -2.18. The van der Waals surface area contributed by atoms with Crippen molar-refractivity contribution in [3.63, 3.8) is 0 Å². The van der Waals surface area contributed by atoms with E-state index in [2.05, 4.69) is 43.5 Å². The highest BCUT2D eigenvalue weighted by Crippen LogP contribution is 2.18. The van der Waals surface area contributed by atoms with Crippen LogP contribution in [0.3, 0.4) is 0 Å². The van der Waals surface area contributed by atoms with E-state index in [1.807, 2.05) is 0 Å². The largest absolute Gasteiger partial charge is 0.480 e. The molecule has 0 aliphatic carbocycles. The van der Waals surface area contributed by atoms with Crippen molar-refractivity contribution in [2.45, 2.75) is 244 Å². The Morgan fingerprint density at radius 3 is 1.45 bits per heavy atom. The van der Waals surface area contributed by atoms with Crippen LogP contribution in [0.5, 0.6) is 0 Å². The zero-order chi connectivity index (χ0) is 38.9. The van der Waals surface area contributed by atoms with Crippen molar-refractivity contribution in [2.75, 3.05) is 6.54 Å². The van der Waals surface area contributed by atoms with E-state index in [0.717, 1.165) is 64.2 Å². The molecule has 310 valence electrons. The normalized spacial score (nSPS) is 12.8. The van der Waals surface area contributed by atoms with Crippen molar-refractivity contribution in [3.05, 3.63) is 24.3 Å². The number of carbonyl (C=O) groups excluding carboxylic acids is 2. The summed E-state index contributed by atoms with van der Waals surface area (Å²) in [5.74, 6) is -1.26. The Morgan fingerprint density at radius 2 is 0.981 bits per heavy atom. The van der Waals surface area contributed by atoms with Crippen LogP contribution in [-0.2, 0) is 19.1 Å². The summed E-state index contributed by atoms with van der Waals surface area (Å²) < 4.78 is 5.98. The fraction of sp³-hybridized carbons (Fsp3) is 0.848. The van der Waals surface area contributed by atoms with Gasteiger partial charge >= 0.3 is 11.9 Å². The topological polar surface area (TPSA) is 119 Å². The molecule has 0 aromatic rings. The van der Waals surface area contributed by atoms with E-state index >= 15 is 0 Å². The molecule has 0 aromatic carbocycles. The number of aliphatic carboxylic acids is 1. The van der Waals surface area contributed by atoms with E-state index in [4.69, 9.17) is 10.5 Å². The molecular weight excluding hydrogens is 661 g/mol. The molecule has 2 unspecified atom stereocenters. The van der Waals surface area contributed by atoms with Crippen LogP contribution in [-0.4, -0.2) is 41.6 Å². The molecule has 0 heterocycles. The lowest BCUT2D eigenvalue weighted by molar-refractivity contribution is -0.150. The Morgan fingerprint density at radius 1 is 0.547 bits per heavy atom. The third-order valence-corrected chi connectivity index (χ3v) is 10.3. The summed E-state index contributed by atoms with van der Waals surface area (Å²) in [7, 11) is 0. The predicted molar refractivity (Wildman–Crippen MR) is 225 cm³/mol. The Bertz CT molecular complexity index is 889. The minimum absolute atomic E-state index is 0.00952. The van der Waals surface area contributed by atoms with Crippen LogP contribution in [0.15, 0.2) is 24.3 Å². The Hall–Kier alpha value is -2.15. The number of carboxylic acid groups (broad SMARTS) is 1. The molecule has 2 atom stereocenters. The molecule has 53 heavy (non-hydrogen) atoms. The van der Waals surface area contributed by atoms with Gasteiger partial charge in [0.15, 0.2) is 0 Å². The van der Waals surface area contributed by atoms with Crippen molar-refractivity contribution in [1.82, 2.24) is 5.32 Å². The molecule has 1 amide bonds. The van der Waals surface area contributed by atoms with Crippen LogP contribution < -0.4 is 11.1 Å². The lowest BCUT2D eigenvalue weighted by atomic mass is 10.0. The summed E-state index contributed by atoms with van der Waals surface area (Å²) in [5, 5.41) is 11.9. The van der Waals surface area contributed by atoms with Gasteiger partial charge in [0.25, 0.3) is 0 Å². The van der Waals surface area contributed by atoms with E-state index in [1.165, 1.54) is 128 Å². The molecule has 4 N–H and O–H groups in total. The first-order chi connectivity index (χ1) is 25.9. The van der Waals surface area contributed by atoms with Crippen LogP contribution in [0.2, 0.25) is 0 Å². The second kappa shape index (κ2) is 41.0. The number of rotatable bonds is 41. The maximum atomic E-state index is 12.7. The molecule has 0 saturated heterocycles. The van der Waals surface area contributed by atoms with Crippen molar-refractivity contribution in [3.8, 4) is 0 Å². The highest BCUT2D eigenvalue weighted by Gasteiger charge is 2.19. The van der Waals surface area contributed by atoms with Crippen LogP contribution in [0.1, 0.15) is 232 Å². The van der Waals surface area contributed by atoms with Gasteiger partial charge < -0.3 is 20.9 Å². The van der Waals surface area contributed by atoms with Crippen LogP contribution in [0, 0.1) is 0 Å². The maximum Gasteiger partial charge on any atom is 0.326 e. The minimum atomic E-state index is -1.01. The highest BCUT2D eigenvalue weighted by atomic mass is 16.5. The van der Waals surface area contributed by atoms with Crippen LogP contribution in [0.25, 0.3) is 0 Å². The van der Waals surface area contributed by atoms with Crippen molar-refractivity contribution in [1.29, 1.82) is 0 Å². The summed E-state index contributed by atoms with van der Waals surface area (Å²) in [5.41, 5.74) is 5.48. The SMILES string of the molecule is CCCCCCC/C=C\C/C=C\CCCCCCCCCCCCCC(=O)OC(CCCCCCC)CCCCCCC(=O)NC(CCCN)C(=O)O. The summed E-state index contributed by atoms with van der Waals surface area (Å²) in [6, 6.07) is -0.862. The number of nitrogens with two attached hydrogens (primary N) is 1. The number of unbranched alkanes of at least 4 members (excludes halogenated alkanes) is 23. The third-order valence-electron chi connectivity index (χ3n) is 10.3. The van der Waals surface area contributed by atoms with Crippen LogP contribution >= 0.6 is 0 Å². The third kappa shape index (κ3) is 37.9. The van der Waals surface area contributed by atoms with Gasteiger partial charge in [0.1, 0.15) is 12.1 Å². The summed E-state index contributed by atoms with van der Waals surface area (Å²) >= 11 is 0. The van der Waals surface area contributed by atoms with Gasteiger partial charge in [-0.1, -0.05) is 160 Å². The number of amides is 1. The molecule has 7 heteroatoms. The molecule has 0 aromatic heterocycles. The molecule has 7 nitrogen and oxygen atoms in total. The first kappa shape index (κ1) is 50.9. The zero-order valence-electron chi connectivity index (χ0n) is 34.9. The average molecular weight is 747 g/mol. The highest BCUT2D eigenvalue weighted by molar-refractivity contribution is 5.83. The number of carbonyl (C=O) groups is 3. The number of hydrogen-bond donors (Lipinski definition) is 3. The van der Waals surface area contributed by atoms with Gasteiger partial charge in [0.2, 0.25) is 5.91 Å². The van der Waals surface area contributed by atoms with Gasteiger partial charge in [-0.05, 0) is 90.0 Å². The number of hydrogen-bond acceptors (Lipinski definition) is 5. The fourth-order valence-electron chi connectivity index (χ4n) is 6.83. The van der Waals surface area contributed by atoms with Crippen molar-refractivity contribution >= 4 is 17.8 Å². The lowest BCUT2D eigenvalue weighted by Crippen LogP contribution is -2.40. The average Bonchev–Trinajstić information content (AvgIpc) is 3.14. The minimum Gasteiger partial charge on any atom is -0.480 e. The summed E-state index contributed by atoms with van der Waals surface area (Å²) in [4.78, 5) is 36.2. The predicted octanol–water partition coefficient (Wildman–Crippen LogP) is 12.8. The summed E-state index contributed by atoms with van der Waals surface area (Å²) in [6.07, 6.45) is 46.8. The van der Waals surface area contributed by atoms with Crippen LogP contribution in [0.4, 0.5) is 0 Å². The van der Waals surface area contributed by atoms with E-state index in [1.54, 1.807) is 0 Å². The van der Waals surface area contributed by atoms with E-state index in [9.17, 15) is 19.5 Å². The molecule has 0 fully saturated rings. The fourth-order valence-corrected chi connectivity index (χ4v) is 6.83. The van der Waals surface area contributed by atoms with Gasteiger partial charge in [0, 0.05) is 12.8 Å². The first-order valence-corrected chi connectivity index (χ1v) is 22.7. The smallest absolute Gasteiger partial charge is 0.326 e. The number of esters is 1. The molecule has 0 spiro atoms. The van der Waals surface area contributed by atoms with Gasteiger partial charge in [-0.2, -0.15) is 0 Å². The van der Waals surface area contributed by atoms with E-state index < -0.39 is 12.0 Å². The molecule has 0 aliphatic rings. The standard InChI is InChI=1S/C46H86N2O5/c1-3-5-7-9-10-11-12-13-14-15-16-17-18-19-20-21-22-23-24-25-26-28-34-40-45(50)53-42(36-31-27-8-6-4-2)37-32-29-30-33-39-44(49)48-43(46(51)52)38-35-41-47/h12-13,15-16,42-43H,3-11,14,17-41,47H2,1-2H3,(H,48,49)(H,51,52)/b13-12-,16-15-. The number of carboxylic acids is 1. The first-order valence-electron chi connectivity index (χ1n) is 22.7. The monoisotopic (exact) mass is 747 g/mol. The van der Waals surface area contributed by atoms with E-state index in [-0.39, 0.29) is 18.0 Å². The number of nitrogens with one attached hydrogen (secondary N) is 1. The summed E-state index contributed by atoms with van der Waals surface area (Å²) in [6.45, 7) is 4.90.